The lowest BCUT2D eigenvalue weighted by atomic mass is 10.1. The second-order valence-electron chi connectivity index (χ2n) is 8.16. The molecule has 0 atom stereocenters. The summed E-state index contributed by atoms with van der Waals surface area (Å²) in [7, 11) is 1.97. The summed E-state index contributed by atoms with van der Waals surface area (Å²) in [5, 5.41) is 5.00. The number of carbonyl (C=O) groups excluding carboxylic acids is 1. The summed E-state index contributed by atoms with van der Waals surface area (Å²) in [6.07, 6.45) is 7.95. The number of hydrogen-bond acceptors (Lipinski definition) is 4. The van der Waals surface area contributed by atoms with E-state index in [-0.39, 0.29) is 5.91 Å². The van der Waals surface area contributed by atoms with E-state index in [9.17, 15) is 4.79 Å². The Kier molecular flexibility index (Phi) is 5.22. The highest BCUT2D eigenvalue weighted by atomic mass is 16.1. The summed E-state index contributed by atoms with van der Waals surface area (Å²) in [6.45, 7) is 3.17. The van der Waals surface area contributed by atoms with Crippen molar-refractivity contribution in [1.82, 2.24) is 19.4 Å². The molecule has 0 bridgehead atoms. The summed E-state index contributed by atoms with van der Waals surface area (Å²) in [4.78, 5) is 23.9. The minimum absolute atomic E-state index is 0.141. The van der Waals surface area contributed by atoms with Crippen LogP contribution in [-0.4, -0.2) is 38.4 Å². The quantitative estimate of drug-likeness (QED) is 0.526. The fourth-order valence-electron chi connectivity index (χ4n) is 4.20. The first kappa shape index (κ1) is 19.5. The normalized spacial score (nSPS) is 14.2. The van der Waals surface area contributed by atoms with Gasteiger partial charge in [0.15, 0.2) is 0 Å². The predicted molar refractivity (Wildman–Crippen MR) is 123 cm³/mol. The Balaban J connectivity index is 1.36. The lowest BCUT2D eigenvalue weighted by Crippen LogP contribution is -2.19. The molecule has 1 aliphatic heterocycles. The molecule has 2 aromatic carbocycles. The number of anilines is 1. The third-order valence-electron chi connectivity index (χ3n) is 5.87. The van der Waals surface area contributed by atoms with Gasteiger partial charge in [0.2, 0.25) is 0 Å². The minimum Gasteiger partial charge on any atom is -0.334 e. The number of aromatic nitrogens is 3. The Morgan fingerprint density at radius 2 is 1.90 bits per heavy atom. The third-order valence-corrected chi connectivity index (χ3v) is 5.87. The Labute approximate surface area is 181 Å². The van der Waals surface area contributed by atoms with E-state index in [1.165, 1.54) is 18.4 Å². The fraction of sp³-hybridized carbons (Fsp3) is 0.240. The van der Waals surface area contributed by atoms with Crippen LogP contribution >= 0.6 is 0 Å². The molecular formula is C25H25N5O. The van der Waals surface area contributed by atoms with Crippen molar-refractivity contribution in [1.29, 1.82) is 0 Å². The largest absolute Gasteiger partial charge is 0.334 e. The first-order chi connectivity index (χ1) is 15.2. The lowest BCUT2D eigenvalue weighted by Gasteiger charge is -2.15. The van der Waals surface area contributed by atoms with Crippen LogP contribution in [0, 0.1) is 0 Å². The number of pyridine rings is 1. The van der Waals surface area contributed by atoms with Gasteiger partial charge in [-0.2, -0.15) is 0 Å². The number of likely N-dealkylation sites (tertiary alicyclic amines) is 1. The van der Waals surface area contributed by atoms with E-state index in [1.54, 1.807) is 12.5 Å². The van der Waals surface area contributed by atoms with Crippen molar-refractivity contribution in [2.75, 3.05) is 18.4 Å². The molecule has 0 unspecified atom stereocenters. The molecular weight excluding hydrogens is 386 g/mol. The smallest absolute Gasteiger partial charge is 0.256 e. The third kappa shape index (κ3) is 4.20. The predicted octanol–water partition coefficient (Wildman–Crippen LogP) is 4.48. The highest BCUT2D eigenvalue weighted by molar-refractivity contribution is 6.04. The van der Waals surface area contributed by atoms with Crippen LogP contribution in [0.5, 0.6) is 0 Å². The summed E-state index contributed by atoms with van der Waals surface area (Å²) < 4.78 is 1.99. The van der Waals surface area contributed by atoms with Crippen molar-refractivity contribution >= 4 is 22.5 Å². The van der Waals surface area contributed by atoms with Crippen molar-refractivity contribution in [3.8, 4) is 11.3 Å². The average molecular weight is 412 g/mol. The second kappa shape index (κ2) is 8.32. The van der Waals surface area contributed by atoms with Crippen LogP contribution in [0.15, 0.2) is 67.3 Å². The zero-order valence-electron chi connectivity index (χ0n) is 17.6. The second-order valence-corrected chi connectivity index (χ2v) is 8.16. The first-order valence-electron chi connectivity index (χ1n) is 10.6. The number of benzene rings is 2. The molecule has 6 heteroatoms. The van der Waals surface area contributed by atoms with E-state index in [4.69, 9.17) is 0 Å². The Morgan fingerprint density at radius 1 is 1.03 bits per heavy atom. The molecule has 1 aliphatic rings. The molecule has 1 fully saturated rings. The van der Waals surface area contributed by atoms with Gasteiger partial charge in [0, 0.05) is 36.3 Å². The van der Waals surface area contributed by atoms with Gasteiger partial charge in [0.25, 0.3) is 5.91 Å². The molecule has 6 nitrogen and oxygen atoms in total. The van der Waals surface area contributed by atoms with Crippen molar-refractivity contribution in [2.45, 2.75) is 19.4 Å². The van der Waals surface area contributed by atoms with Crippen molar-refractivity contribution in [2.24, 2.45) is 7.05 Å². The summed E-state index contributed by atoms with van der Waals surface area (Å²) >= 11 is 0. The van der Waals surface area contributed by atoms with E-state index >= 15 is 0 Å². The van der Waals surface area contributed by atoms with Gasteiger partial charge in [-0.15, -0.1) is 0 Å². The number of nitrogens with one attached hydrogen (secondary N) is 1. The van der Waals surface area contributed by atoms with Crippen LogP contribution < -0.4 is 5.32 Å². The molecule has 2 aromatic heterocycles. The minimum atomic E-state index is -0.141. The zero-order chi connectivity index (χ0) is 21.2. The number of carbonyl (C=O) groups is 1. The number of hydrogen-bond donors (Lipinski definition) is 1. The monoisotopic (exact) mass is 411 g/mol. The van der Waals surface area contributed by atoms with Crippen molar-refractivity contribution < 1.29 is 4.79 Å². The molecule has 5 rings (SSSR count). The van der Waals surface area contributed by atoms with Gasteiger partial charge >= 0.3 is 0 Å². The van der Waals surface area contributed by atoms with Crippen LogP contribution in [-0.2, 0) is 13.6 Å². The van der Waals surface area contributed by atoms with Crippen LogP contribution in [0.3, 0.4) is 0 Å². The molecule has 0 aliphatic carbocycles. The molecule has 0 spiro atoms. The van der Waals surface area contributed by atoms with Crippen LogP contribution in [0.1, 0.15) is 28.8 Å². The first-order valence-corrected chi connectivity index (χ1v) is 10.6. The Bertz CT molecular complexity index is 1240. The van der Waals surface area contributed by atoms with E-state index in [0.29, 0.717) is 11.4 Å². The number of rotatable bonds is 5. The van der Waals surface area contributed by atoms with Gasteiger partial charge < -0.3 is 9.88 Å². The van der Waals surface area contributed by atoms with Gasteiger partial charge in [0.05, 0.1) is 18.2 Å². The maximum Gasteiger partial charge on any atom is 0.256 e. The average Bonchev–Trinajstić information content (AvgIpc) is 3.45. The van der Waals surface area contributed by atoms with Crippen LogP contribution in [0.4, 0.5) is 5.82 Å². The standard InChI is InChI=1S/C25H25N5O/c1-29-17-26-15-23(29)19-7-8-21-14-27-24(13-22(21)12-19)28-25(31)20-6-4-5-18(11-20)16-30-9-2-3-10-30/h4-8,11-15,17H,2-3,9-10,16H2,1H3,(H,27,28,31). The summed E-state index contributed by atoms with van der Waals surface area (Å²) in [5.41, 5.74) is 3.94. The maximum absolute atomic E-state index is 12.9. The maximum atomic E-state index is 12.9. The molecule has 31 heavy (non-hydrogen) atoms. The highest BCUT2D eigenvalue weighted by Gasteiger charge is 2.14. The molecule has 1 amide bonds. The van der Waals surface area contributed by atoms with E-state index < -0.39 is 0 Å². The van der Waals surface area contributed by atoms with Crippen LogP contribution in [0.2, 0.25) is 0 Å². The SMILES string of the molecule is Cn1cncc1-c1ccc2cnc(NC(=O)c3cccc(CN4CCCC4)c3)cc2c1. The van der Waals surface area contributed by atoms with E-state index in [1.807, 2.05) is 48.1 Å². The molecule has 0 saturated carbocycles. The number of imidazole rings is 1. The zero-order valence-corrected chi connectivity index (χ0v) is 17.6. The van der Waals surface area contributed by atoms with Gasteiger partial charge in [-0.1, -0.05) is 24.3 Å². The topological polar surface area (TPSA) is 63.1 Å². The molecule has 0 radical (unpaired) electrons. The highest BCUT2D eigenvalue weighted by Crippen LogP contribution is 2.25. The van der Waals surface area contributed by atoms with Crippen LogP contribution in [0.25, 0.3) is 22.0 Å². The van der Waals surface area contributed by atoms with Crippen molar-refractivity contribution in [3.63, 3.8) is 0 Å². The van der Waals surface area contributed by atoms with E-state index in [0.717, 1.165) is 41.7 Å². The van der Waals surface area contributed by atoms with E-state index in [2.05, 4.69) is 38.4 Å². The molecule has 4 aromatic rings. The number of amides is 1. The molecule has 3 heterocycles. The molecule has 1 saturated heterocycles. The fourth-order valence-corrected chi connectivity index (χ4v) is 4.20. The molecule has 1 N–H and O–H groups in total. The molecule has 156 valence electrons. The summed E-state index contributed by atoms with van der Waals surface area (Å²) in [5.74, 6) is 0.405. The summed E-state index contributed by atoms with van der Waals surface area (Å²) in [6, 6.07) is 16.0. The van der Waals surface area contributed by atoms with Gasteiger partial charge in [-0.05, 0) is 61.1 Å². The van der Waals surface area contributed by atoms with Gasteiger partial charge in [0.1, 0.15) is 5.82 Å². The number of fused-ring (bicyclic) bond motifs is 1. The Hall–Kier alpha value is -3.51. The van der Waals surface area contributed by atoms with Gasteiger partial charge in [-0.3, -0.25) is 9.69 Å². The van der Waals surface area contributed by atoms with Gasteiger partial charge in [-0.25, -0.2) is 9.97 Å². The van der Waals surface area contributed by atoms with Crippen molar-refractivity contribution in [3.05, 3.63) is 78.4 Å². The number of nitrogens with zero attached hydrogens (tertiary/aromatic N) is 4. The lowest BCUT2D eigenvalue weighted by molar-refractivity contribution is 0.102. The Morgan fingerprint density at radius 3 is 2.71 bits per heavy atom. The number of aryl methyl sites for hydroxylation is 1.